The molecule has 7 nitrogen and oxygen atoms in total. The maximum Gasteiger partial charge on any atom is 0.265 e. The number of nitrogens with zero attached hydrogens (tertiary/aromatic N) is 6. The van der Waals surface area contributed by atoms with Gasteiger partial charge < -0.3 is 9.47 Å². The standard InChI is InChI=1S/C18H26N6OS/c1-12-16(26-13(2)19-12)18(25)23-9-7-15-20-21-17(24(15)11-10-23)14-6-4-5-8-22(14)3/h14H,4-11H2,1-3H3/t14-/m1/s1. The molecule has 2 aliphatic rings. The lowest BCUT2D eigenvalue weighted by Crippen LogP contribution is -2.34. The van der Waals surface area contributed by atoms with Crippen molar-refractivity contribution in [2.45, 2.75) is 52.1 Å². The number of carbonyl (C=O) groups is 1. The van der Waals surface area contributed by atoms with Gasteiger partial charge in [-0.25, -0.2) is 4.98 Å². The first-order valence-corrected chi connectivity index (χ1v) is 10.2. The van der Waals surface area contributed by atoms with Crippen LogP contribution in [0.3, 0.4) is 0 Å². The summed E-state index contributed by atoms with van der Waals surface area (Å²) in [7, 11) is 2.17. The molecule has 1 amide bonds. The molecule has 0 unspecified atom stereocenters. The molecule has 2 aromatic heterocycles. The monoisotopic (exact) mass is 374 g/mol. The number of hydrogen-bond acceptors (Lipinski definition) is 6. The molecule has 1 saturated heterocycles. The Kier molecular flexibility index (Phi) is 4.79. The summed E-state index contributed by atoms with van der Waals surface area (Å²) in [4.78, 5) is 22.4. The number of fused-ring (bicyclic) bond motifs is 1. The predicted molar refractivity (Wildman–Crippen MR) is 100 cm³/mol. The van der Waals surface area contributed by atoms with E-state index < -0.39 is 0 Å². The van der Waals surface area contributed by atoms with Crippen LogP contribution in [0.15, 0.2) is 0 Å². The molecule has 0 saturated carbocycles. The van der Waals surface area contributed by atoms with E-state index in [1.807, 2.05) is 18.7 Å². The van der Waals surface area contributed by atoms with Gasteiger partial charge in [-0.15, -0.1) is 21.5 Å². The van der Waals surface area contributed by atoms with Crippen LogP contribution in [0.4, 0.5) is 0 Å². The van der Waals surface area contributed by atoms with Gasteiger partial charge in [-0.1, -0.05) is 6.42 Å². The van der Waals surface area contributed by atoms with Crippen LogP contribution in [0.5, 0.6) is 0 Å². The van der Waals surface area contributed by atoms with Crippen molar-refractivity contribution in [2.24, 2.45) is 0 Å². The van der Waals surface area contributed by atoms with Gasteiger partial charge in [-0.2, -0.15) is 0 Å². The molecular formula is C18H26N6OS. The average molecular weight is 375 g/mol. The zero-order chi connectivity index (χ0) is 18.3. The van der Waals surface area contributed by atoms with E-state index in [1.54, 1.807) is 0 Å². The Hall–Kier alpha value is -1.80. The van der Waals surface area contributed by atoms with E-state index in [9.17, 15) is 4.79 Å². The smallest absolute Gasteiger partial charge is 0.265 e. The molecular weight excluding hydrogens is 348 g/mol. The second kappa shape index (κ2) is 7.08. The molecule has 1 fully saturated rings. The molecule has 0 radical (unpaired) electrons. The third-order valence-corrected chi connectivity index (χ3v) is 6.57. The Bertz CT molecular complexity index is 813. The van der Waals surface area contributed by atoms with Gasteiger partial charge in [0, 0.05) is 26.1 Å². The second-order valence-corrected chi connectivity index (χ2v) is 8.51. The summed E-state index contributed by atoms with van der Waals surface area (Å²) < 4.78 is 2.25. The normalized spacial score (nSPS) is 21.5. The minimum absolute atomic E-state index is 0.100. The molecule has 0 bridgehead atoms. The summed E-state index contributed by atoms with van der Waals surface area (Å²) in [5.41, 5.74) is 0.839. The van der Waals surface area contributed by atoms with Crippen molar-refractivity contribution in [3.63, 3.8) is 0 Å². The van der Waals surface area contributed by atoms with Crippen LogP contribution < -0.4 is 0 Å². The van der Waals surface area contributed by atoms with Crippen LogP contribution in [0.25, 0.3) is 0 Å². The number of thiazole rings is 1. The van der Waals surface area contributed by atoms with Gasteiger partial charge in [-0.3, -0.25) is 9.69 Å². The Balaban J connectivity index is 1.53. The fourth-order valence-corrected chi connectivity index (χ4v) is 4.96. The van der Waals surface area contributed by atoms with Gasteiger partial charge in [0.15, 0.2) is 0 Å². The van der Waals surface area contributed by atoms with E-state index in [0.29, 0.717) is 19.1 Å². The van der Waals surface area contributed by atoms with E-state index in [0.717, 1.165) is 53.2 Å². The summed E-state index contributed by atoms with van der Waals surface area (Å²) >= 11 is 1.49. The van der Waals surface area contributed by atoms with Crippen molar-refractivity contribution in [3.05, 3.63) is 27.2 Å². The number of hydrogen-bond donors (Lipinski definition) is 0. The molecule has 2 aromatic rings. The van der Waals surface area contributed by atoms with Gasteiger partial charge in [0.25, 0.3) is 5.91 Å². The summed E-state index contributed by atoms with van der Waals surface area (Å²) in [5, 5.41) is 9.92. The second-order valence-electron chi connectivity index (χ2n) is 7.31. The lowest BCUT2D eigenvalue weighted by molar-refractivity contribution is 0.0761. The molecule has 1 atom stereocenters. The molecule has 0 aliphatic carbocycles. The van der Waals surface area contributed by atoms with Crippen LogP contribution in [0, 0.1) is 13.8 Å². The van der Waals surface area contributed by atoms with Gasteiger partial charge >= 0.3 is 0 Å². The maximum absolute atomic E-state index is 12.9. The SMILES string of the molecule is Cc1nc(C)c(C(=O)N2CCc3nnc([C@H]4CCCCN4C)n3CC2)s1. The highest BCUT2D eigenvalue weighted by molar-refractivity contribution is 7.13. The summed E-state index contributed by atoms with van der Waals surface area (Å²) in [5.74, 6) is 2.18. The fourth-order valence-electron chi connectivity index (χ4n) is 4.07. The van der Waals surface area contributed by atoms with E-state index in [4.69, 9.17) is 0 Å². The topological polar surface area (TPSA) is 67.2 Å². The van der Waals surface area contributed by atoms with Crippen LogP contribution in [-0.4, -0.2) is 62.1 Å². The van der Waals surface area contributed by atoms with Crippen LogP contribution in [-0.2, 0) is 13.0 Å². The molecule has 2 aliphatic heterocycles. The number of amides is 1. The van der Waals surface area contributed by atoms with E-state index in [-0.39, 0.29) is 5.91 Å². The highest BCUT2D eigenvalue weighted by Gasteiger charge is 2.30. The van der Waals surface area contributed by atoms with Crippen LogP contribution >= 0.6 is 11.3 Å². The zero-order valence-electron chi connectivity index (χ0n) is 15.7. The Labute approximate surface area is 158 Å². The number of likely N-dealkylation sites (tertiary alicyclic amines) is 1. The largest absolute Gasteiger partial charge is 0.336 e. The van der Waals surface area contributed by atoms with Crippen molar-refractivity contribution < 1.29 is 4.79 Å². The van der Waals surface area contributed by atoms with E-state index in [1.165, 1.54) is 24.2 Å². The number of aryl methyl sites for hydroxylation is 2. The van der Waals surface area contributed by atoms with E-state index in [2.05, 4.69) is 31.7 Å². The third kappa shape index (κ3) is 3.16. The minimum atomic E-state index is 0.100. The van der Waals surface area contributed by atoms with Crippen LogP contribution in [0.2, 0.25) is 0 Å². The lowest BCUT2D eigenvalue weighted by Gasteiger charge is -2.31. The van der Waals surface area contributed by atoms with Crippen molar-refractivity contribution in [2.75, 3.05) is 26.7 Å². The van der Waals surface area contributed by atoms with Gasteiger partial charge in [0.1, 0.15) is 16.5 Å². The molecule has 0 N–H and O–H groups in total. The lowest BCUT2D eigenvalue weighted by atomic mass is 10.0. The van der Waals surface area contributed by atoms with Gasteiger partial charge in [0.2, 0.25) is 0 Å². The van der Waals surface area contributed by atoms with Gasteiger partial charge in [-0.05, 0) is 40.3 Å². The van der Waals surface area contributed by atoms with Crippen molar-refractivity contribution in [1.29, 1.82) is 0 Å². The highest BCUT2D eigenvalue weighted by atomic mass is 32.1. The molecule has 0 spiro atoms. The molecule has 0 aromatic carbocycles. The fraction of sp³-hybridized carbons (Fsp3) is 0.667. The first-order valence-electron chi connectivity index (χ1n) is 9.40. The maximum atomic E-state index is 12.9. The van der Waals surface area contributed by atoms with Crippen molar-refractivity contribution in [1.82, 2.24) is 29.5 Å². The zero-order valence-corrected chi connectivity index (χ0v) is 16.6. The summed E-state index contributed by atoms with van der Waals surface area (Å²) in [6.45, 7) is 7.13. The molecule has 26 heavy (non-hydrogen) atoms. The summed E-state index contributed by atoms with van der Waals surface area (Å²) in [6, 6.07) is 0.346. The number of piperidine rings is 1. The average Bonchev–Trinajstić information content (AvgIpc) is 3.10. The molecule has 4 rings (SSSR count). The van der Waals surface area contributed by atoms with E-state index >= 15 is 0 Å². The Morgan fingerprint density at radius 3 is 2.69 bits per heavy atom. The quantitative estimate of drug-likeness (QED) is 0.806. The molecule has 140 valence electrons. The van der Waals surface area contributed by atoms with Crippen LogP contribution in [0.1, 0.15) is 57.3 Å². The molecule has 8 heteroatoms. The number of rotatable bonds is 2. The minimum Gasteiger partial charge on any atom is -0.336 e. The van der Waals surface area contributed by atoms with Crippen molar-refractivity contribution in [3.8, 4) is 0 Å². The first-order chi connectivity index (χ1) is 12.5. The predicted octanol–water partition coefficient (Wildman–Crippen LogP) is 2.21. The number of carbonyl (C=O) groups excluding carboxylic acids is 1. The third-order valence-electron chi connectivity index (χ3n) is 5.51. The molecule has 4 heterocycles. The Morgan fingerprint density at radius 1 is 1.12 bits per heavy atom. The number of aromatic nitrogens is 4. The highest BCUT2D eigenvalue weighted by Crippen LogP contribution is 2.29. The van der Waals surface area contributed by atoms with Gasteiger partial charge in [0.05, 0.1) is 16.7 Å². The van der Waals surface area contributed by atoms with Crippen molar-refractivity contribution >= 4 is 17.2 Å². The summed E-state index contributed by atoms with van der Waals surface area (Å²) in [6.07, 6.45) is 4.39. The first kappa shape index (κ1) is 17.6. The Morgan fingerprint density at radius 2 is 1.96 bits per heavy atom.